The van der Waals surface area contributed by atoms with Crippen LogP contribution in [0.1, 0.15) is 6.42 Å². The van der Waals surface area contributed by atoms with E-state index < -0.39 is 12.2 Å². The summed E-state index contributed by atoms with van der Waals surface area (Å²) in [6.45, 7) is 0.282. The van der Waals surface area contributed by atoms with Crippen LogP contribution in [0.15, 0.2) is 0 Å². The lowest BCUT2D eigenvalue weighted by Crippen LogP contribution is -2.33. The number of amides is 1. The van der Waals surface area contributed by atoms with Crippen molar-refractivity contribution in [1.29, 1.82) is 0 Å². The molecule has 1 aliphatic heterocycles. The minimum atomic E-state index is -0.469. The summed E-state index contributed by atoms with van der Waals surface area (Å²) in [6.07, 6.45) is -0.472. The number of carbonyl (C=O) groups excluding carboxylic acids is 1. The van der Waals surface area contributed by atoms with E-state index >= 15 is 0 Å². The molecule has 0 unspecified atom stereocenters. The van der Waals surface area contributed by atoms with Crippen LogP contribution in [0.4, 0.5) is 0 Å². The van der Waals surface area contributed by atoms with Gasteiger partial charge in [0.2, 0.25) is 0 Å². The molecule has 4 heteroatoms. The van der Waals surface area contributed by atoms with E-state index in [9.17, 15) is 4.79 Å². The number of hydrogen-bond acceptors (Lipinski definition) is 3. The number of carbonyl (C=O) groups is 1. The number of likely N-dealkylation sites (N-methyl/N-ethyl adjacent to an activating group) is 1. The summed E-state index contributed by atoms with van der Waals surface area (Å²) in [5.41, 5.74) is 0. The second-order valence-electron chi connectivity index (χ2n) is 2.94. The minimum absolute atomic E-state index is 0.0680. The maximum absolute atomic E-state index is 11.2. The van der Waals surface area contributed by atoms with Gasteiger partial charge in [0.05, 0.1) is 12.7 Å². The van der Waals surface area contributed by atoms with Gasteiger partial charge in [-0.05, 0) is 0 Å². The quantitative estimate of drug-likeness (QED) is 0.546. The Bertz CT molecular complexity index is 158. The van der Waals surface area contributed by atoms with Gasteiger partial charge in [-0.2, -0.15) is 0 Å². The van der Waals surface area contributed by atoms with Crippen molar-refractivity contribution < 1.29 is 14.6 Å². The summed E-state index contributed by atoms with van der Waals surface area (Å²) in [5.74, 6) is -0.0680. The molecule has 1 aliphatic rings. The fourth-order valence-corrected chi connectivity index (χ4v) is 1.07. The van der Waals surface area contributed by atoms with Gasteiger partial charge in [-0.25, -0.2) is 0 Å². The Morgan fingerprint density at radius 1 is 1.64 bits per heavy atom. The van der Waals surface area contributed by atoms with Gasteiger partial charge in [0, 0.05) is 20.5 Å². The van der Waals surface area contributed by atoms with Crippen LogP contribution in [0, 0.1) is 0 Å². The molecule has 0 aromatic heterocycles. The van der Waals surface area contributed by atoms with Crippen LogP contribution in [0.2, 0.25) is 0 Å². The van der Waals surface area contributed by atoms with E-state index in [4.69, 9.17) is 9.84 Å². The van der Waals surface area contributed by atoms with Crippen LogP contribution in [-0.2, 0) is 9.53 Å². The summed E-state index contributed by atoms with van der Waals surface area (Å²) in [7, 11) is 3.35. The number of nitrogens with zero attached hydrogens (tertiary/aromatic N) is 1. The monoisotopic (exact) mass is 159 g/mol. The first-order chi connectivity index (χ1) is 5.11. The van der Waals surface area contributed by atoms with Crippen molar-refractivity contribution in [2.45, 2.75) is 18.6 Å². The van der Waals surface area contributed by atoms with E-state index in [0.717, 1.165) is 0 Å². The fraction of sp³-hybridized carbons (Fsp3) is 0.857. The molecule has 1 saturated heterocycles. The predicted octanol–water partition coefficient (Wildman–Crippen LogP) is -0.776. The average Bonchev–Trinajstić information content (AvgIpc) is 2.34. The van der Waals surface area contributed by atoms with Gasteiger partial charge in [-0.15, -0.1) is 0 Å². The second kappa shape index (κ2) is 3.19. The van der Waals surface area contributed by atoms with E-state index in [1.54, 1.807) is 14.1 Å². The molecule has 0 aromatic rings. The van der Waals surface area contributed by atoms with E-state index in [-0.39, 0.29) is 12.5 Å². The Morgan fingerprint density at radius 2 is 2.27 bits per heavy atom. The third-order valence-corrected chi connectivity index (χ3v) is 1.69. The molecule has 1 fully saturated rings. The normalized spacial score (nSPS) is 30.5. The number of ether oxygens (including phenoxy) is 1. The van der Waals surface area contributed by atoms with Crippen LogP contribution in [0.3, 0.4) is 0 Å². The molecule has 0 radical (unpaired) electrons. The van der Waals surface area contributed by atoms with Crippen LogP contribution < -0.4 is 0 Å². The first-order valence-corrected chi connectivity index (χ1v) is 3.62. The Labute approximate surface area is 65.8 Å². The van der Waals surface area contributed by atoms with Gasteiger partial charge < -0.3 is 14.7 Å². The molecular formula is C7H13NO3. The molecule has 0 bridgehead atoms. The van der Waals surface area contributed by atoms with E-state index in [1.165, 1.54) is 4.90 Å². The lowest BCUT2D eigenvalue weighted by molar-refractivity contribution is -0.138. The number of hydrogen-bond donors (Lipinski definition) is 1. The van der Waals surface area contributed by atoms with E-state index in [1.807, 2.05) is 0 Å². The standard InChI is InChI=1S/C7H13NO3/c1-8(2)7(10)6-3-5(9)4-11-6/h5-6,9H,3-4H2,1-2H3/t5-,6+/m1/s1. The Morgan fingerprint density at radius 3 is 2.64 bits per heavy atom. The molecule has 1 amide bonds. The van der Waals surface area contributed by atoms with Gasteiger partial charge in [0.1, 0.15) is 6.10 Å². The lowest BCUT2D eigenvalue weighted by Gasteiger charge is -2.14. The fourth-order valence-electron chi connectivity index (χ4n) is 1.07. The maximum Gasteiger partial charge on any atom is 0.251 e. The van der Waals surface area contributed by atoms with Crippen LogP contribution in [0.5, 0.6) is 0 Å². The Kier molecular flexibility index (Phi) is 2.46. The molecule has 11 heavy (non-hydrogen) atoms. The van der Waals surface area contributed by atoms with Crippen molar-refractivity contribution in [2.24, 2.45) is 0 Å². The van der Waals surface area contributed by atoms with Crippen LogP contribution in [-0.4, -0.2) is 48.8 Å². The summed E-state index contributed by atoms with van der Waals surface area (Å²) < 4.78 is 5.05. The summed E-state index contributed by atoms with van der Waals surface area (Å²) in [5, 5.41) is 9.03. The Hall–Kier alpha value is -0.610. The van der Waals surface area contributed by atoms with Gasteiger partial charge in [-0.1, -0.05) is 0 Å². The second-order valence-corrected chi connectivity index (χ2v) is 2.94. The van der Waals surface area contributed by atoms with Crippen molar-refractivity contribution in [3.8, 4) is 0 Å². The predicted molar refractivity (Wildman–Crippen MR) is 39.1 cm³/mol. The smallest absolute Gasteiger partial charge is 0.251 e. The zero-order valence-corrected chi connectivity index (χ0v) is 6.78. The van der Waals surface area contributed by atoms with Crippen LogP contribution in [0.25, 0.3) is 0 Å². The van der Waals surface area contributed by atoms with Crippen molar-refractivity contribution in [1.82, 2.24) is 4.90 Å². The first kappa shape index (κ1) is 8.49. The highest BCUT2D eigenvalue weighted by atomic mass is 16.5. The molecule has 0 aliphatic carbocycles. The van der Waals surface area contributed by atoms with Crippen LogP contribution >= 0.6 is 0 Å². The molecule has 1 heterocycles. The minimum Gasteiger partial charge on any atom is -0.391 e. The zero-order valence-electron chi connectivity index (χ0n) is 6.78. The molecule has 2 atom stereocenters. The largest absolute Gasteiger partial charge is 0.391 e. The molecular weight excluding hydrogens is 146 g/mol. The highest BCUT2D eigenvalue weighted by Gasteiger charge is 2.30. The summed E-state index contributed by atoms with van der Waals surface area (Å²) >= 11 is 0. The van der Waals surface area contributed by atoms with Gasteiger partial charge in [0.15, 0.2) is 0 Å². The average molecular weight is 159 g/mol. The molecule has 1 rings (SSSR count). The van der Waals surface area contributed by atoms with Gasteiger partial charge in [-0.3, -0.25) is 4.79 Å². The molecule has 1 N–H and O–H groups in total. The van der Waals surface area contributed by atoms with Crippen molar-refractivity contribution >= 4 is 5.91 Å². The Balaban J connectivity index is 2.43. The summed E-state index contributed by atoms with van der Waals surface area (Å²) in [4.78, 5) is 12.7. The molecule has 0 aromatic carbocycles. The third-order valence-electron chi connectivity index (χ3n) is 1.69. The molecule has 64 valence electrons. The topological polar surface area (TPSA) is 49.8 Å². The first-order valence-electron chi connectivity index (χ1n) is 3.62. The zero-order chi connectivity index (χ0) is 8.43. The molecule has 0 saturated carbocycles. The van der Waals surface area contributed by atoms with Gasteiger partial charge in [0.25, 0.3) is 5.91 Å². The third kappa shape index (κ3) is 1.91. The molecule has 0 spiro atoms. The highest BCUT2D eigenvalue weighted by molar-refractivity contribution is 5.80. The maximum atomic E-state index is 11.2. The number of aliphatic hydroxyl groups excluding tert-OH is 1. The summed E-state index contributed by atoms with van der Waals surface area (Å²) in [6, 6.07) is 0. The lowest BCUT2D eigenvalue weighted by atomic mass is 10.2. The van der Waals surface area contributed by atoms with Crippen molar-refractivity contribution in [3.05, 3.63) is 0 Å². The number of rotatable bonds is 1. The molecule has 4 nitrogen and oxygen atoms in total. The van der Waals surface area contributed by atoms with Crippen molar-refractivity contribution in [2.75, 3.05) is 20.7 Å². The van der Waals surface area contributed by atoms with E-state index in [2.05, 4.69) is 0 Å². The van der Waals surface area contributed by atoms with E-state index in [0.29, 0.717) is 6.42 Å². The van der Waals surface area contributed by atoms with Gasteiger partial charge >= 0.3 is 0 Å². The number of aliphatic hydroxyl groups is 1. The van der Waals surface area contributed by atoms with Crippen molar-refractivity contribution in [3.63, 3.8) is 0 Å². The highest BCUT2D eigenvalue weighted by Crippen LogP contribution is 2.14. The SMILES string of the molecule is CN(C)C(=O)[C@@H]1C[C@@H](O)CO1.